The fourth-order valence-corrected chi connectivity index (χ4v) is 2.55. The first-order valence-electron chi connectivity index (χ1n) is 5.81. The summed E-state index contributed by atoms with van der Waals surface area (Å²) in [6, 6.07) is 10.1. The van der Waals surface area contributed by atoms with E-state index in [2.05, 4.69) is 11.9 Å². The summed E-state index contributed by atoms with van der Waals surface area (Å²) in [6.45, 7) is 4.13. The Bertz CT molecular complexity index is 383. The zero-order valence-electron chi connectivity index (χ0n) is 9.41. The molecule has 0 aliphatic heterocycles. The van der Waals surface area contributed by atoms with E-state index in [1.807, 2.05) is 30.3 Å². The lowest BCUT2D eigenvalue weighted by Gasteiger charge is -2.25. The predicted molar refractivity (Wildman–Crippen MR) is 73.8 cm³/mol. The smallest absolute Gasteiger partial charge is 0.0869 e. The molecule has 0 bridgehead atoms. The van der Waals surface area contributed by atoms with Crippen LogP contribution in [0.5, 0.6) is 0 Å². The van der Waals surface area contributed by atoms with Gasteiger partial charge in [0.15, 0.2) is 0 Å². The Hall–Kier alpha value is -1.15. The topological polar surface area (TPSA) is 12.0 Å². The predicted octanol–water partition coefficient (Wildman–Crippen LogP) is 4.17. The van der Waals surface area contributed by atoms with Gasteiger partial charge in [0.05, 0.1) is 4.99 Å². The van der Waals surface area contributed by atoms with Gasteiger partial charge in [0.1, 0.15) is 0 Å². The molecule has 0 amide bonds. The molecule has 1 atom stereocenters. The molecule has 1 aliphatic rings. The van der Waals surface area contributed by atoms with E-state index < -0.39 is 0 Å². The van der Waals surface area contributed by atoms with Crippen molar-refractivity contribution in [2.45, 2.75) is 25.7 Å². The van der Waals surface area contributed by atoms with Crippen LogP contribution in [0.4, 0.5) is 5.69 Å². The van der Waals surface area contributed by atoms with Gasteiger partial charge < -0.3 is 5.32 Å². The van der Waals surface area contributed by atoms with Gasteiger partial charge in [-0.2, -0.15) is 0 Å². The molecule has 2 heteroatoms. The van der Waals surface area contributed by atoms with Gasteiger partial charge in [-0.25, -0.2) is 0 Å². The number of nitrogens with one attached hydrogen (secondary N) is 1. The van der Waals surface area contributed by atoms with E-state index in [-0.39, 0.29) is 0 Å². The minimum Gasteiger partial charge on any atom is -0.350 e. The zero-order valence-corrected chi connectivity index (χ0v) is 10.2. The minimum atomic E-state index is 0.379. The molecular weight excluding hydrogens is 214 g/mol. The first-order valence-corrected chi connectivity index (χ1v) is 6.22. The van der Waals surface area contributed by atoms with Crippen molar-refractivity contribution in [2.75, 3.05) is 5.32 Å². The van der Waals surface area contributed by atoms with Crippen LogP contribution < -0.4 is 5.32 Å². The Kier molecular flexibility index (Phi) is 3.73. The van der Waals surface area contributed by atoms with Crippen molar-refractivity contribution in [1.82, 2.24) is 0 Å². The van der Waals surface area contributed by atoms with E-state index in [1.54, 1.807) is 0 Å². The largest absolute Gasteiger partial charge is 0.350 e. The number of hydrogen-bond donors (Lipinski definition) is 1. The van der Waals surface area contributed by atoms with E-state index in [1.165, 1.54) is 18.4 Å². The van der Waals surface area contributed by atoms with Gasteiger partial charge in [-0.05, 0) is 31.4 Å². The van der Waals surface area contributed by atoms with Crippen molar-refractivity contribution in [3.8, 4) is 0 Å². The molecule has 0 spiro atoms. The van der Waals surface area contributed by atoms with Crippen molar-refractivity contribution in [1.29, 1.82) is 0 Å². The Morgan fingerprint density at radius 2 is 2.00 bits per heavy atom. The molecule has 1 aliphatic carbocycles. The molecule has 1 nitrogen and oxygen atoms in total. The van der Waals surface area contributed by atoms with Crippen LogP contribution in [-0.2, 0) is 0 Å². The van der Waals surface area contributed by atoms with Crippen molar-refractivity contribution in [3.63, 3.8) is 0 Å². The van der Waals surface area contributed by atoms with Crippen LogP contribution in [-0.4, -0.2) is 4.99 Å². The highest BCUT2D eigenvalue weighted by molar-refractivity contribution is 7.80. The molecule has 1 fully saturated rings. The van der Waals surface area contributed by atoms with Crippen LogP contribution >= 0.6 is 12.2 Å². The first kappa shape index (κ1) is 11.3. The molecule has 1 aromatic carbocycles. The van der Waals surface area contributed by atoms with E-state index in [9.17, 15) is 0 Å². The molecule has 1 aromatic rings. The van der Waals surface area contributed by atoms with E-state index in [0.717, 1.165) is 23.5 Å². The van der Waals surface area contributed by atoms with Crippen LogP contribution in [0.25, 0.3) is 0 Å². The third-order valence-electron chi connectivity index (χ3n) is 3.09. The van der Waals surface area contributed by atoms with Gasteiger partial charge >= 0.3 is 0 Å². The van der Waals surface area contributed by atoms with E-state index in [4.69, 9.17) is 12.2 Å². The van der Waals surface area contributed by atoms with Gasteiger partial charge in [-0.1, -0.05) is 49.0 Å². The maximum Gasteiger partial charge on any atom is 0.0869 e. The Balaban J connectivity index is 2.00. The van der Waals surface area contributed by atoms with Gasteiger partial charge in [0, 0.05) is 11.6 Å². The second-order valence-corrected chi connectivity index (χ2v) is 4.75. The summed E-state index contributed by atoms with van der Waals surface area (Å²) in [6.07, 6.45) is 4.81. The summed E-state index contributed by atoms with van der Waals surface area (Å²) in [5, 5.41) is 3.31. The molecule has 0 aromatic heterocycles. The highest BCUT2D eigenvalue weighted by atomic mass is 32.1. The van der Waals surface area contributed by atoms with Crippen LogP contribution in [0.15, 0.2) is 42.5 Å². The summed E-state index contributed by atoms with van der Waals surface area (Å²) in [5.74, 6) is 0.379. The average molecular weight is 231 g/mol. The SMILES string of the molecule is C=C1CCCCC1C(=S)Nc1ccccc1. The molecule has 0 heterocycles. The molecule has 0 radical (unpaired) electrons. The average Bonchev–Trinajstić information content (AvgIpc) is 2.31. The number of thiocarbonyl (C=S) groups is 1. The van der Waals surface area contributed by atoms with Crippen LogP contribution in [0.3, 0.4) is 0 Å². The Morgan fingerprint density at radius 1 is 1.25 bits per heavy atom. The fraction of sp³-hybridized carbons (Fsp3) is 0.357. The molecule has 2 rings (SSSR count). The molecule has 84 valence electrons. The van der Waals surface area contributed by atoms with Crippen molar-refractivity contribution < 1.29 is 0 Å². The third kappa shape index (κ3) is 2.70. The lowest BCUT2D eigenvalue weighted by atomic mass is 9.85. The number of benzene rings is 1. The monoisotopic (exact) mass is 231 g/mol. The minimum absolute atomic E-state index is 0.379. The standard InChI is InChI=1S/C14H17NS/c1-11-7-5-6-10-13(11)14(16)15-12-8-3-2-4-9-12/h2-4,8-9,13H,1,5-7,10H2,(H,15,16). The van der Waals surface area contributed by atoms with Gasteiger partial charge in [0.25, 0.3) is 0 Å². The highest BCUT2D eigenvalue weighted by Crippen LogP contribution is 2.29. The summed E-state index contributed by atoms with van der Waals surface area (Å²) in [4.78, 5) is 0.927. The van der Waals surface area contributed by atoms with Gasteiger partial charge in [-0.15, -0.1) is 0 Å². The van der Waals surface area contributed by atoms with E-state index >= 15 is 0 Å². The molecule has 1 unspecified atom stereocenters. The summed E-state index contributed by atoms with van der Waals surface area (Å²) < 4.78 is 0. The van der Waals surface area contributed by atoms with Gasteiger partial charge in [0.2, 0.25) is 0 Å². The molecular formula is C14H17NS. The van der Waals surface area contributed by atoms with Gasteiger partial charge in [-0.3, -0.25) is 0 Å². The Labute approximate surface area is 103 Å². The second-order valence-electron chi connectivity index (χ2n) is 4.31. The molecule has 16 heavy (non-hydrogen) atoms. The quantitative estimate of drug-likeness (QED) is 0.605. The zero-order chi connectivity index (χ0) is 11.4. The van der Waals surface area contributed by atoms with Crippen LogP contribution in [0, 0.1) is 5.92 Å². The normalized spacial score (nSPS) is 20.5. The summed E-state index contributed by atoms with van der Waals surface area (Å²) >= 11 is 5.46. The van der Waals surface area contributed by atoms with Crippen LogP contribution in [0.2, 0.25) is 0 Å². The number of anilines is 1. The van der Waals surface area contributed by atoms with Crippen molar-refractivity contribution in [3.05, 3.63) is 42.5 Å². The lowest BCUT2D eigenvalue weighted by molar-refractivity contribution is 0.544. The summed E-state index contributed by atoms with van der Waals surface area (Å²) in [5.41, 5.74) is 2.37. The van der Waals surface area contributed by atoms with Crippen molar-refractivity contribution in [2.24, 2.45) is 5.92 Å². The third-order valence-corrected chi connectivity index (χ3v) is 3.48. The summed E-state index contributed by atoms with van der Waals surface area (Å²) in [7, 11) is 0. The number of rotatable bonds is 2. The maximum atomic E-state index is 5.46. The molecule has 0 saturated heterocycles. The Morgan fingerprint density at radius 3 is 2.69 bits per heavy atom. The number of hydrogen-bond acceptors (Lipinski definition) is 1. The number of para-hydroxylation sites is 1. The first-order chi connectivity index (χ1) is 7.77. The van der Waals surface area contributed by atoms with E-state index in [0.29, 0.717) is 5.92 Å². The highest BCUT2D eigenvalue weighted by Gasteiger charge is 2.21. The fourth-order valence-electron chi connectivity index (χ4n) is 2.15. The van der Waals surface area contributed by atoms with Crippen LogP contribution in [0.1, 0.15) is 25.7 Å². The maximum absolute atomic E-state index is 5.46. The second kappa shape index (κ2) is 5.26. The molecule has 1 saturated carbocycles. The molecule has 1 N–H and O–H groups in total. The lowest BCUT2D eigenvalue weighted by Crippen LogP contribution is -2.24. The van der Waals surface area contributed by atoms with Crippen molar-refractivity contribution >= 4 is 22.9 Å².